The SMILES string of the molecule is BrCc1ccccc1.COC(=O)c1ccc(O)c(C)c1.COC(=O)c1ccc(O)c(C)c1.COC(=O)c1ccc(OCc2ccc(C)nc2)c(C)c1.COC(=O)c1ccc(OCc2ccccc2)c(C)c1.Cc1cc(C(=O)O)ccc1OCc1ccccc1.Cc1ccc(COc2ccc(C(=O)O)cc2C)cn1.[Na+].[Na+].[OH-].[OH-]. The smallest absolute Gasteiger partial charge is 0.870 e. The van der Waals surface area contributed by atoms with Crippen molar-refractivity contribution in [2.75, 3.05) is 28.4 Å². The third-order valence-electron chi connectivity index (χ3n) is 15.5. The van der Waals surface area contributed by atoms with Crippen LogP contribution in [0.4, 0.5) is 0 Å². The Morgan fingerprint density at radius 3 is 0.777 bits per heavy atom. The number of aromatic carboxylic acids is 2. The number of carboxylic acids is 2. The minimum absolute atomic E-state index is 0. The molecule has 112 heavy (non-hydrogen) atoms. The fourth-order valence-corrected chi connectivity index (χ4v) is 9.70. The van der Waals surface area contributed by atoms with Crippen LogP contribution in [-0.2, 0) is 50.7 Å². The molecule has 0 bridgehead atoms. The Kier molecular flexibility index (Phi) is 47.2. The van der Waals surface area contributed by atoms with Crippen molar-refractivity contribution in [1.82, 2.24) is 9.97 Å². The van der Waals surface area contributed by atoms with Crippen LogP contribution in [0.15, 0.2) is 237 Å². The molecule has 11 rings (SSSR count). The number of carboxylic acid groups (broad SMARTS) is 2. The number of carbonyl (C=O) groups is 6. The van der Waals surface area contributed by atoms with E-state index in [1.165, 1.54) is 64.3 Å². The number of phenolic OH excluding ortho intramolecular Hbond substituents is 2. The minimum atomic E-state index is -0.933. The van der Waals surface area contributed by atoms with Crippen molar-refractivity contribution in [3.8, 4) is 34.5 Å². The van der Waals surface area contributed by atoms with Gasteiger partial charge in [-0.3, -0.25) is 9.97 Å². The average molecular weight is 1610 g/mol. The molecule has 2 aromatic heterocycles. The molecule has 0 saturated heterocycles. The van der Waals surface area contributed by atoms with E-state index in [-0.39, 0.29) is 105 Å². The third kappa shape index (κ3) is 35.1. The van der Waals surface area contributed by atoms with Crippen molar-refractivity contribution >= 4 is 51.7 Å². The Morgan fingerprint density at radius 1 is 0.312 bits per heavy atom. The van der Waals surface area contributed by atoms with Crippen molar-refractivity contribution in [1.29, 1.82) is 0 Å². The summed E-state index contributed by atoms with van der Waals surface area (Å²) in [5.41, 5.74) is 14.7. The molecule has 0 fully saturated rings. The predicted octanol–water partition coefficient (Wildman–Crippen LogP) is 11.9. The molecule has 9 aromatic carbocycles. The Morgan fingerprint density at radius 2 is 0.554 bits per heavy atom. The quantitative estimate of drug-likeness (QED) is 0.0253. The molecule has 0 unspecified atom stereocenters. The molecule has 0 saturated carbocycles. The molecule has 0 atom stereocenters. The fourth-order valence-electron chi connectivity index (χ4n) is 9.33. The number of esters is 4. The number of aryl methyl sites for hydroxylation is 8. The van der Waals surface area contributed by atoms with Gasteiger partial charge in [0.2, 0.25) is 0 Å². The van der Waals surface area contributed by atoms with Crippen LogP contribution in [-0.4, -0.2) is 106 Å². The first kappa shape index (κ1) is 99.3. The second-order valence-corrected chi connectivity index (χ2v) is 24.4. The Hall–Kier alpha value is -10.7. The number of aromatic hydroxyl groups is 2. The predicted molar refractivity (Wildman–Crippen MR) is 421 cm³/mol. The summed E-state index contributed by atoms with van der Waals surface area (Å²) in [5, 5.41) is 37.0. The van der Waals surface area contributed by atoms with Crippen LogP contribution in [0, 0.1) is 55.4 Å². The molecule has 25 heteroatoms. The molecule has 2 heterocycles. The molecule has 578 valence electrons. The summed E-state index contributed by atoms with van der Waals surface area (Å²) in [4.78, 5) is 74.8. The number of hydrogen-bond acceptors (Lipinski definition) is 20. The van der Waals surface area contributed by atoms with Gasteiger partial charge in [-0.15, -0.1) is 0 Å². The minimum Gasteiger partial charge on any atom is -0.870 e. The van der Waals surface area contributed by atoms with Gasteiger partial charge >= 0.3 is 94.9 Å². The van der Waals surface area contributed by atoms with Crippen LogP contribution < -0.4 is 78.1 Å². The number of carbonyl (C=O) groups excluding carboxylic acids is 4. The number of nitrogens with zero attached hydrogens (tertiary/aromatic N) is 2. The zero-order valence-electron chi connectivity index (χ0n) is 65.2. The zero-order valence-corrected chi connectivity index (χ0v) is 70.8. The van der Waals surface area contributed by atoms with Crippen molar-refractivity contribution in [3.05, 3.63) is 343 Å². The van der Waals surface area contributed by atoms with Gasteiger partial charge in [0.05, 0.1) is 61.8 Å². The van der Waals surface area contributed by atoms with E-state index in [9.17, 15) is 28.8 Å². The molecule has 11 aromatic rings. The molecule has 0 aliphatic carbocycles. The van der Waals surface area contributed by atoms with E-state index in [4.69, 9.17) is 39.4 Å². The van der Waals surface area contributed by atoms with Crippen LogP contribution in [0.3, 0.4) is 0 Å². The van der Waals surface area contributed by atoms with Gasteiger partial charge in [0.15, 0.2) is 0 Å². The number of hydrogen-bond donors (Lipinski definition) is 4. The van der Waals surface area contributed by atoms with Gasteiger partial charge in [0.25, 0.3) is 0 Å². The molecular formula is C87H91BrN2Na2O20. The summed E-state index contributed by atoms with van der Waals surface area (Å²) in [5.74, 6) is -0.0316. The number of ether oxygens (including phenoxy) is 8. The fraction of sp³-hybridized carbons (Fsp3) is 0.195. The molecule has 0 radical (unpaired) electrons. The molecule has 6 N–H and O–H groups in total. The summed E-state index contributed by atoms with van der Waals surface area (Å²) < 4.78 is 41.2. The van der Waals surface area contributed by atoms with Gasteiger partial charge < -0.3 is 69.3 Å². The number of aromatic nitrogens is 2. The van der Waals surface area contributed by atoms with Crippen LogP contribution in [0.5, 0.6) is 34.5 Å². The number of pyridine rings is 2. The molecular weight excluding hydrogens is 1520 g/mol. The van der Waals surface area contributed by atoms with Gasteiger partial charge in [0, 0.05) is 40.2 Å². The van der Waals surface area contributed by atoms with Crippen LogP contribution in [0.25, 0.3) is 0 Å². The van der Waals surface area contributed by atoms with Gasteiger partial charge in [-0.05, 0) is 227 Å². The Labute approximate surface area is 706 Å². The maximum absolute atomic E-state index is 11.4. The number of rotatable bonds is 19. The second-order valence-electron chi connectivity index (χ2n) is 23.9. The molecule has 0 aliphatic rings. The van der Waals surface area contributed by atoms with Crippen molar-refractivity contribution < 1.29 is 157 Å². The van der Waals surface area contributed by atoms with E-state index < -0.39 is 23.9 Å². The maximum Gasteiger partial charge on any atom is 1.00 e. The van der Waals surface area contributed by atoms with E-state index in [1.54, 1.807) is 105 Å². The first-order valence-corrected chi connectivity index (χ1v) is 34.7. The molecule has 22 nitrogen and oxygen atoms in total. The first-order valence-electron chi connectivity index (χ1n) is 33.6. The largest absolute Gasteiger partial charge is 1.00 e. The van der Waals surface area contributed by atoms with Crippen molar-refractivity contribution in [3.63, 3.8) is 0 Å². The normalized spacial score (nSPS) is 9.54. The van der Waals surface area contributed by atoms with Gasteiger partial charge in [-0.25, -0.2) is 28.8 Å². The molecule has 0 amide bonds. The number of halogens is 1. The zero-order chi connectivity index (χ0) is 79.1. The monoisotopic (exact) mass is 1610 g/mol. The van der Waals surface area contributed by atoms with Gasteiger partial charge in [0.1, 0.15) is 60.9 Å². The van der Waals surface area contributed by atoms with E-state index >= 15 is 0 Å². The summed E-state index contributed by atoms with van der Waals surface area (Å²) in [6.45, 7) is 16.7. The van der Waals surface area contributed by atoms with Crippen molar-refractivity contribution in [2.24, 2.45) is 0 Å². The second kappa shape index (κ2) is 53.2. The van der Waals surface area contributed by atoms with Gasteiger partial charge in [-0.1, -0.05) is 119 Å². The summed E-state index contributed by atoms with van der Waals surface area (Å²) in [6, 6.07) is 67.3. The molecule has 0 aliphatic heterocycles. The van der Waals surface area contributed by atoms with E-state index in [0.29, 0.717) is 71.3 Å². The Balaban J connectivity index is 0.000000659. The number of methoxy groups -OCH3 is 4. The van der Waals surface area contributed by atoms with E-state index in [2.05, 4.69) is 57.0 Å². The summed E-state index contributed by atoms with van der Waals surface area (Å²) >= 11 is 3.36. The standard InChI is InChI=1S/C16H17NO3.C16H16O3.C15H15NO3.C15H14O3.2C9H10O3.C7H7Br.2Na.2H2O/c1-11-8-14(16(18)19-3)6-7-15(11)20-10-13-5-4-12(2)17-9-13;1-12-10-14(16(17)18-2)8-9-15(12)19-11-13-6-4-3-5-7-13;1-10-7-13(15(17)18)5-6-14(10)19-9-12-4-3-11(2)16-8-12;1-11-9-13(15(16)17)7-8-14(11)18-10-12-5-3-2-4-6-12;2*1-6-5-7(9(11)12-2)3-4-8(6)10;8-6-7-4-2-1-3-5-7;;;;/h4-9H,10H2,1-3H3;3-10H,11H2,1-2H3;3-8H,9H2,1-2H3,(H,17,18);2-9H,10H2,1H3,(H,16,17);2*3-5,10H,1-2H3;1-5H,6H2;;;2*1H2/q;;;;;;;2*+1;;/p-2. The average Bonchev–Trinajstić information content (AvgIpc) is 0.881. The molecule has 0 spiro atoms. The van der Waals surface area contributed by atoms with Crippen LogP contribution in [0.1, 0.15) is 135 Å². The summed E-state index contributed by atoms with van der Waals surface area (Å²) in [7, 11) is 5.39. The van der Waals surface area contributed by atoms with Crippen molar-refractivity contribution in [2.45, 2.75) is 87.1 Å². The van der Waals surface area contributed by atoms with Crippen LogP contribution >= 0.6 is 15.9 Å². The number of benzene rings is 9. The maximum atomic E-state index is 11.4. The summed E-state index contributed by atoms with van der Waals surface area (Å²) in [6.07, 6.45) is 3.57. The third-order valence-corrected chi connectivity index (χ3v) is 16.1. The number of phenols is 2. The topological polar surface area (TPSA) is 343 Å². The number of alkyl halides is 1. The van der Waals surface area contributed by atoms with Crippen LogP contribution in [0.2, 0.25) is 0 Å². The Bertz CT molecular complexity index is 4650. The van der Waals surface area contributed by atoms with E-state index in [0.717, 1.165) is 72.7 Å². The van der Waals surface area contributed by atoms with Gasteiger partial charge in [-0.2, -0.15) is 0 Å². The van der Waals surface area contributed by atoms with E-state index in [1.807, 2.05) is 145 Å². The first-order chi connectivity index (χ1) is 51.7.